The number of ketones is 1. The molecule has 1 N–H and O–H groups in total. The number of hydrogen-bond acceptors (Lipinski definition) is 5. The molecule has 2 heterocycles. The van der Waals surface area contributed by atoms with E-state index in [1.54, 1.807) is 35.6 Å². The highest BCUT2D eigenvalue weighted by Crippen LogP contribution is 2.29. The molecule has 0 aliphatic carbocycles. The smallest absolute Gasteiger partial charge is 0.258 e. The molecule has 1 aliphatic rings. The van der Waals surface area contributed by atoms with Crippen LogP contribution in [0.15, 0.2) is 41.8 Å². The number of rotatable bonds is 8. The first kappa shape index (κ1) is 20.6. The minimum absolute atomic E-state index is 0.0236. The van der Waals surface area contributed by atoms with Gasteiger partial charge in [0.05, 0.1) is 6.04 Å². The molecule has 6 heteroatoms. The number of likely N-dealkylation sites (tertiary alicyclic amines) is 1. The van der Waals surface area contributed by atoms with Gasteiger partial charge in [-0.15, -0.1) is 11.3 Å². The van der Waals surface area contributed by atoms with Crippen LogP contribution in [0.4, 0.5) is 0 Å². The van der Waals surface area contributed by atoms with Gasteiger partial charge in [-0.2, -0.15) is 0 Å². The maximum atomic E-state index is 12.3. The van der Waals surface area contributed by atoms with Crippen molar-refractivity contribution in [3.8, 4) is 5.75 Å². The van der Waals surface area contributed by atoms with E-state index in [-0.39, 0.29) is 24.3 Å². The van der Waals surface area contributed by atoms with Crippen LogP contribution in [0.3, 0.4) is 0 Å². The van der Waals surface area contributed by atoms with E-state index in [1.165, 1.54) is 24.6 Å². The second-order valence-electron chi connectivity index (χ2n) is 7.43. The Hall–Kier alpha value is -2.18. The number of ether oxygens (including phenoxy) is 1. The van der Waals surface area contributed by atoms with Crippen molar-refractivity contribution in [1.29, 1.82) is 0 Å². The largest absolute Gasteiger partial charge is 0.484 e. The van der Waals surface area contributed by atoms with Crippen molar-refractivity contribution < 1.29 is 14.3 Å². The van der Waals surface area contributed by atoms with E-state index in [4.69, 9.17) is 4.74 Å². The summed E-state index contributed by atoms with van der Waals surface area (Å²) < 4.78 is 5.57. The normalized spacial score (nSPS) is 16.5. The second kappa shape index (κ2) is 9.85. The predicted octanol–water partition coefficient (Wildman–Crippen LogP) is 3.92. The number of carbonyl (C=O) groups excluding carboxylic acids is 2. The summed E-state index contributed by atoms with van der Waals surface area (Å²) in [6.45, 7) is 6.46. The van der Waals surface area contributed by atoms with E-state index < -0.39 is 0 Å². The van der Waals surface area contributed by atoms with Gasteiger partial charge in [-0.3, -0.25) is 14.5 Å². The summed E-state index contributed by atoms with van der Waals surface area (Å²) in [5.74, 6) is 1.13. The van der Waals surface area contributed by atoms with Gasteiger partial charge in [-0.1, -0.05) is 25.1 Å². The third-order valence-electron chi connectivity index (χ3n) is 5.23. The Kier molecular flexibility index (Phi) is 7.23. The standard InChI is InChI=1S/C22H28N2O3S/c1-16-8-10-24(11-9-16)20(21-7-4-12-28-21)14-23-22(26)15-27-19-6-3-5-18(13-19)17(2)25/h3-7,12-13,16,20H,8-11,14-15H2,1-2H3,(H,23,26). The summed E-state index contributed by atoms with van der Waals surface area (Å²) >= 11 is 1.74. The van der Waals surface area contributed by atoms with Crippen molar-refractivity contribution in [2.75, 3.05) is 26.2 Å². The van der Waals surface area contributed by atoms with Crippen LogP contribution in [0.2, 0.25) is 0 Å². The van der Waals surface area contributed by atoms with E-state index in [9.17, 15) is 9.59 Å². The highest BCUT2D eigenvalue weighted by molar-refractivity contribution is 7.10. The zero-order chi connectivity index (χ0) is 19.9. The van der Waals surface area contributed by atoms with E-state index >= 15 is 0 Å². The number of amides is 1. The Balaban J connectivity index is 1.53. The molecular weight excluding hydrogens is 372 g/mol. The third kappa shape index (κ3) is 5.66. The van der Waals surface area contributed by atoms with E-state index in [1.807, 2.05) is 0 Å². The lowest BCUT2D eigenvalue weighted by molar-refractivity contribution is -0.123. The zero-order valence-electron chi connectivity index (χ0n) is 16.5. The Bertz CT molecular complexity index is 783. The Labute approximate surface area is 170 Å². The molecule has 1 amide bonds. The zero-order valence-corrected chi connectivity index (χ0v) is 17.3. The van der Waals surface area contributed by atoms with Crippen molar-refractivity contribution in [2.24, 2.45) is 5.92 Å². The first-order valence-electron chi connectivity index (χ1n) is 9.81. The molecule has 3 rings (SSSR count). The van der Waals surface area contributed by atoms with Gasteiger partial charge < -0.3 is 10.1 Å². The molecule has 0 radical (unpaired) electrons. The molecule has 1 aromatic heterocycles. The molecule has 1 atom stereocenters. The van der Waals surface area contributed by atoms with Crippen molar-refractivity contribution in [3.63, 3.8) is 0 Å². The van der Waals surface area contributed by atoms with Crippen molar-refractivity contribution in [3.05, 3.63) is 52.2 Å². The first-order valence-corrected chi connectivity index (χ1v) is 10.7. The van der Waals surface area contributed by atoms with Crippen molar-refractivity contribution >= 4 is 23.0 Å². The molecule has 5 nitrogen and oxygen atoms in total. The molecule has 0 spiro atoms. The SMILES string of the molecule is CC(=O)c1cccc(OCC(=O)NCC(c2cccs2)N2CCC(C)CC2)c1. The number of hydrogen-bond donors (Lipinski definition) is 1. The summed E-state index contributed by atoms with van der Waals surface area (Å²) in [5.41, 5.74) is 0.579. The lowest BCUT2D eigenvalue weighted by atomic mass is 9.97. The van der Waals surface area contributed by atoms with Gasteiger partial charge in [0, 0.05) is 17.0 Å². The predicted molar refractivity (Wildman–Crippen MR) is 112 cm³/mol. The molecule has 0 bridgehead atoms. The summed E-state index contributed by atoms with van der Waals surface area (Å²) in [7, 11) is 0. The number of piperidine rings is 1. The first-order chi connectivity index (χ1) is 13.5. The summed E-state index contributed by atoms with van der Waals surface area (Å²) in [6.07, 6.45) is 2.40. The van der Waals surface area contributed by atoms with Gasteiger partial charge in [-0.25, -0.2) is 0 Å². The van der Waals surface area contributed by atoms with E-state index in [2.05, 4.69) is 34.7 Å². The maximum absolute atomic E-state index is 12.3. The molecule has 28 heavy (non-hydrogen) atoms. The molecule has 1 unspecified atom stereocenters. The van der Waals surface area contributed by atoms with Crippen LogP contribution in [0.25, 0.3) is 0 Å². The molecule has 1 saturated heterocycles. The molecule has 1 aliphatic heterocycles. The van der Waals surface area contributed by atoms with Crippen LogP contribution in [0, 0.1) is 5.92 Å². The molecule has 1 fully saturated rings. The van der Waals surface area contributed by atoms with Gasteiger partial charge in [-0.05, 0) is 62.4 Å². The van der Waals surface area contributed by atoms with Crippen LogP contribution in [-0.2, 0) is 4.79 Å². The lowest BCUT2D eigenvalue weighted by Crippen LogP contribution is -2.42. The van der Waals surface area contributed by atoms with Crippen LogP contribution >= 0.6 is 11.3 Å². The summed E-state index contributed by atoms with van der Waals surface area (Å²) in [5, 5.41) is 5.11. The molecular formula is C22H28N2O3S. The summed E-state index contributed by atoms with van der Waals surface area (Å²) in [4.78, 5) is 27.5. The van der Waals surface area contributed by atoms with Crippen LogP contribution in [0.5, 0.6) is 5.75 Å². The molecule has 0 saturated carbocycles. The quantitative estimate of drug-likeness (QED) is 0.683. The number of benzene rings is 1. The van der Waals surface area contributed by atoms with Crippen LogP contribution in [0.1, 0.15) is 48.0 Å². The second-order valence-corrected chi connectivity index (χ2v) is 8.41. The number of carbonyl (C=O) groups is 2. The monoisotopic (exact) mass is 400 g/mol. The highest BCUT2D eigenvalue weighted by atomic mass is 32.1. The van der Waals surface area contributed by atoms with E-state index in [0.29, 0.717) is 17.9 Å². The van der Waals surface area contributed by atoms with Crippen molar-refractivity contribution in [2.45, 2.75) is 32.7 Å². The molecule has 150 valence electrons. The van der Waals surface area contributed by atoms with Gasteiger partial charge in [0.15, 0.2) is 12.4 Å². The van der Waals surface area contributed by atoms with E-state index in [0.717, 1.165) is 19.0 Å². The minimum Gasteiger partial charge on any atom is -0.484 e. The fourth-order valence-electron chi connectivity index (χ4n) is 3.45. The van der Waals surface area contributed by atoms with Crippen LogP contribution < -0.4 is 10.1 Å². The summed E-state index contributed by atoms with van der Waals surface area (Å²) in [6, 6.07) is 11.3. The number of Topliss-reactive ketones (excluding diaryl/α,β-unsaturated/α-hetero) is 1. The van der Waals surface area contributed by atoms with Crippen LogP contribution in [-0.4, -0.2) is 42.8 Å². The topological polar surface area (TPSA) is 58.6 Å². The lowest BCUT2D eigenvalue weighted by Gasteiger charge is -2.36. The molecule has 2 aromatic rings. The minimum atomic E-state index is -0.153. The Morgan fingerprint density at radius 2 is 2.04 bits per heavy atom. The fourth-order valence-corrected chi connectivity index (χ4v) is 4.31. The Morgan fingerprint density at radius 3 is 2.71 bits per heavy atom. The van der Waals surface area contributed by atoms with Gasteiger partial charge in [0.25, 0.3) is 5.91 Å². The average molecular weight is 401 g/mol. The third-order valence-corrected chi connectivity index (χ3v) is 6.21. The van der Waals surface area contributed by atoms with Gasteiger partial charge >= 0.3 is 0 Å². The average Bonchev–Trinajstić information content (AvgIpc) is 3.22. The Morgan fingerprint density at radius 1 is 1.25 bits per heavy atom. The number of nitrogens with one attached hydrogen (secondary N) is 1. The number of nitrogens with zero attached hydrogens (tertiary/aromatic N) is 1. The van der Waals surface area contributed by atoms with Gasteiger partial charge in [0.2, 0.25) is 0 Å². The van der Waals surface area contributed by atoms with Crippen molar-refractivity contribution in [1.82, 2.24) is 10.2 Å². The molecule has 1 aromatic carbocycles. The highest BCUT2D eigenvalue weighted by Gasteiger charge is 2.25. The van der Waals surface area contributed by atoms with Gasteiger partial charge in [0.1, 0.15) is 5.75 Å². The number of thiophene rings is 1. The maximum Gasteiger partial charge on any atom is 0.258 e. The fraction of sp³-hybridized carbons (Fsp3) is 0.455.